The molecule has 2 aliphatic rings. The van der Waals surface area contributed by atoms with Gasteiger partial charge in [0.15, 0.2) is 0 Å². The second kappa shape index (κ2) is 6.83. The van der Waals surface area contributed by atoms with Gasteiger partial charge in [-0.1, -0.05) is 30.3 Å². The molecule has 4 rings (SSSR count). The fourth-order valence-corrected chi connectivity index (χ4v) is 4.12. The van der Waals surface area contributed by atoms with Crippen LogP contribution in [-0.2, 0) is 6.42 Å². The maximum absolute atomic E-state index is 12.5. The fraction of sp³-hybridized carbons (Fsp3) is 0.300. The van der Waals surface area contributed by atoms with Crippen LogP contribution in [0.4, 0.5) is 5.69 Å². The summed E-state index contributed by atoms with van der Waals surface area (Å²) in [5.74, 6) is 0.200. The number of nitrogens with zero attached hydrogens (tertiary/aromatic N) is 1. The fourth-order valence-electron chi connectivity index (χ4n) is 4.12. The Bertz CT molecular complexity index is 932. The van der Waals surface area contributed by atoms with Gasteiger partial charge in [0, 0.05) is 12.5 Å². The van der Waals surface area contributed by atoms with E-state index in [2.05, 4.69) is 21.9 Å². The highest BCUT2D eigenvalue weighted by atomic mass is 16.6. The molecule has 2 aromatic rings. The Balaban J connectivity index is 1.59. The minimum atomic E-state index is -0.552. The maximum atomic E-state index is 12.5. The predicted octanol–water partition coefficient (Wildman–Crippen LogP) is 1.23. The van der Waals surface area contributed by atoms with Crippen LogP contribution in [0.3, 0.4) is 0 Å². The lowest BCUT2D eigenvalue weighted by molar-refractivity contribution is -0.556. The quantitative estimate of drug-likeness (QED) is 0.551. The van der Waals surface area contributed by atoms with E-state index in [0.29, 0.717) is 0 Å². The Kier molecular flexibility index (Phi) is 4.35. The van der Waals surface area contributed by atoms with Crippen molar-refractivity contribution >= 4 is 17.4 Å². The predicted molar refractivity (Wildman–Crippen MR) is 100 cm³/mol. The molecule has 1 saturated carbocycles. The summed E-state index contributed by atoms with van der Waals surface area (Å²) in [5.41, 5.74) is 7.66. The number of benzene rings is 2. The molecule has 0 atom stereocenters. The molecule has 0 unspecified atom stereocenters. The number of amidine groups is 1. The molecular formula is C20H21N4O3+. The second-order valence-corrected chi connectivity index (χ2v) is 7.17. The number of fused-ring (bicyclic) bond motifs is 1. The highest BCUT2D eigenvalue weighted by Crippen LogP contribution is 2.31. The number of amides is 1. The van der Waals surface area contributed by atoms with Crippen molar-refractivity contribution in [3.05, 3.63) is 75.3 Å². The molecule has 1 amide bonds. The summed E-state index contributed by atoms with van der Waals surface area (Å²) in [7, 11) is 0. The van der Waals surface area contributed by atoms with Crippen LogP contribution in [-0.4, -0.2) is 22.2 Å². The topological polar surface area (TPSA) is 98.2 Å². The molecule has 3 N–H and O–H groups in total. The van der Waals surface area contributed by atoms with Crippen molar-refractivity contribution in [2.24, 2.45) is 0 Å². The van der Waals surface area contributed by atoms with Crippen LogP contribution in [0, 0.1) is 10.1 Å². The number of carbonyl (C=O) groups excluding carboxylic acids is 1. The maximum Gasteiger partial charge on any atom is 0.299 e. The van der Waals surface area contributed by atoms with Crippen molar-refractivity contribution in [3.63, 3.8) is 0 Å². The molecule has 0 aromatic heterocycles. The lowest BCUT2D eigenvalue weighted by Crippen LogP contribution is -2.91. The van der Waals surface area contributed by atoms with Crippen LogP contribution in [0.5, 0.6) is 0 Å². The summed E-state index contributed by atoms with van der Waals surface area (Å²) in [6, 6.07) is 14.0. The number of carbonyl (C=O) groups is 1. The van der Waals surface area contributed by atoms with Crippen LogP contribution >= 0.6 is 0 Å². The number of hydrogen-bond acceptors (Lipinski definition) is 4. The average molecular weight is 365 g/mol. The third-order valence-corrected chi connectivity index (χ3v) is 5.41. The SMILES string of the molecule is O=C(NNC1=[NH+]C2(CCCC2)Cc2ccccc21)c1ccccc1[N+](=O)[O-]. The number of rotatable bonds is 2. The van der Waals surface area contributed by atoms with Crippen LogP contribution in [0.15, 0.2) is 48.5 Å². The minimum absolute atomic E-state index is 0.0140. The summed E-state index contributed by atoms with van der Waals surface area (Å²) in [4.78, 5) is 26.7. The first kappa shape index (κ1) is 17.2. The summed E-state index contributed by atoms with van der Waals surface area (Å²) >= 11 is 0. The first-order valence-electron chi connectivity index (χ1n) is 9.11. The van der Waals surface area contributed by atoms with Gasteiger partial charge in [-0.05, 0) is 43.4 Å². The number of hydrazine groups is 1. The van der Waals surface area contributed by atoms with Crippen molar-refractivity contribution in [2.45, 2.75) is 37.6 Å². The van der Waals surface area contributed by atoms with Crippen molar-refractivity contribution in [2.75, 3.05) is 0 Å². The van der Waals surface area contributed by atoms with Gasteiger partial charge in [-0.3, -0.25) is 19.9 Å². The van der Waals surface area contributed by atoms with E-state index in [0.717, 1.165) is 30.7 Å². The molecule has 0 bridgehead atoms. The van der Waals surface area contributed by atoms with Gasteiger partial charge >= 0.3 is 0 Å². The molecule has 1 aliphatic heterocycles. The van der Waals surface area contributed by atoms with E-state index in [1.165, 1.54) is 30.5 Å². The molecule has 2 aromatic carbocycles. The molecule has 138 valence electrons. The highest BCUT2D eigenvalue weighted by molar-refractivity contribution is 6.01. The van der Waals surface area contributed by atoms with Crippen molar-refractivity contribution in [1.82, 2.24) is 10.9 Å². The summed E-state index contributed by atoms with van der Waals surface area (Å²) in [6.07, 6.45) is 5.51. The van der Waals surface area contributed by atoms with Gasteiger partial charge in [0.25, 0.3) is 17.4 Å². The third kappa shape index (κ3) is 3.28. The van der Waals surface area contributed by atoms with Crippen molar-refractivity contribution in [1.29, 1.82) is 0 Å². The molecule has 1 aliphatic carbocycles. The second-order valence-electron chi connectivity index (χ2n) is 7.17. The van der Waals surface area contributed by atoms with E-state index in [1.807, 2.05) is 18.2 Å². The van der Waals surface area contributed by atoms with Crippen LogP contribution < -0.4 is 15.8 Å². The number of para-hydroxylation sites is 1. The Morgan fingerprint density at radius 1 is 1.07 bits per heavy atom. The molecule has 27 heavy (non-hydrogen) atoms. The molecule has 1 heterocycles. The Morgan fingerprint density at radius 2 is 1.78 bits per heavy atom. The number of hydrogen-bond donors (Lipinski definition) is 3. The minimum Gasteiger partial charge on any atom is -0.267 e. The largest absolute Gasteiger partial charge is 0.299 e. The molecule has 1 fully saturated rings. The molecular weight excluding hydrogens is 344 g/mol. The van der Waals surface area contributed by atoms with Gasteiger partial charge in [0.05, 0.1) is 10.5 Å². The van der Waals surface area contributed by atoms with Crippen LogP contribution in [0.1, 0.15) is 47.2 Å². The van der Waals surface area contributed by atoms with Crippen LogP contribution in [0.25, 0.3) is 0 Å². The first-order valence-corrected chi connectivity index (χ1v) is 9.11. The van der Waals surface area contributed by atoms with E-state index in [1.54, 1.807) is 12.1 Å². The number of nitrogens with one attached hydrogen (secondary N) is 3. The van der Waals surface area contributed by atoms with E-state index in [9.17, 15) is 14.9 Å². The highest BCUT2D eigenvalue weighted by Gasteiger charge is 2.41. The molecule has 7 nitrogen and oxygen atoms in total. The van der Waals surface area contributed by atoms with E-state index < -0.39 is 10.8 Å². The average Bonchev–Trinajstić information content (AvgIpc) is 3.13. The Hall–Kier alpha value is -3.22. The summed E-state index contributed by atoms with van der Waals surface area (Å²) in [6.45, 7) is 0. The van der Waals surface area contributed by atoms with Gasteiger partial charge in [0.2, 0.25) is 0 Å². The van der Waals surface area contributed by atoms with E-state index in [-0.39, 0.29) is 16.8 Å². The van der Waals surface area contributed by atoms with E-state index in [4.69, 9.17) is 0 Å². The zero-order valence-electron chi connectivity index (χ0n) is 14.8. The lowest BCUT2D eigenvalue weighted by atomic mass is 9.84. The monoisotopic (exact) mass is 365 g/mol. The summed E-state index contributed by atoms with van der Waals surface area (Å²) in [5, 5.41) is 11.2. The van der Waals surface area contributed by atoms with Gasteiger partial charge < -0.3 is 0 Å². The Labute approximate surface area is 156 Å². The van der Waals surface area contributed by atoms with Gasteiger partial charge in [-0.15, -0.1) is 0 Å². The number of nitro groups is 1. The standard InChI is InChI=1S/C20H20N4O3/c25-19(16-9-3-4-10-17(16)24(26)27)23-22-18-15-8-2-1-7-14(15)13-20(21-18)11-5-6-12-20/h1-4,7-10H,5-6,11-13H2,(H,21,22)(H,23,25)/p+1. The Morgan fingerprint density at radius 3 is 2.56 bits per heavy atom. The lowest BCUT2D eigenvalue weighted by Gasteiger charge is -2.28. The molecule has 1 spiro atoms. The summed E-state index contributed by atoms with van der Waals surface area (Å²) < 4.78 is 0. The molecule has 7 heteroatoms. The van der Waals surface area contributed by atoms with Crippen molar-refractivity contribution in [3.8, 4) is 0 Å². The zero-order chi connectivity index (χ0) is 18.9. The smallest absolute Gasteiger partial charge is 0.267 e. The van der Waals surface area contributed by atoms with Gasteiger partial charge in [0.1, 0.15) is 11.1 Å². The van der Waals surface area contributed by atoms with Gasteiger partial charge in [-0.2, -0.15) is 10.9 Å². The van der Waals surface area contributed by atoms with E-state index >= 15 is 0 Å². The van der Waals surface area contributed by atoms with Gasteiger partial charge in [-0.25, -0.2) is 0 Å². The number of nitro benzene ring substituents is 1. The normalized spacial score (nSPS) is 17.1. The van der Waals surface area contributed by atoms with Crippen LogP contribution in [0.2, 0.25) is 0 Å². The third-order valence-electron chi connectivity index (χ3n) is 5.41. The first-order chi connectivity index (χ1) is 13.1. The zero-order valence-corrected chi connectivity index (χ0v) is 14.8. The van der Waals surface area contributed by atoms with Crippen molar-refractivity contribution < 1.29 is 14.7 Å². The molecule has 0 saturated heterocycles. The molecule has 0 radical (unpaired) electrons.